The van der Waals surface area contributed by atoms with Gasteiger partial charge in [-0.3, -0.25) is 4.79 Å². The van der Waals surface area contributed by atoms with Crippen molar-refractivity contribution in [3.05, 3.63) is 53.1 Å². The van der Waals surface area contributed by atoms with Crippen LogP contribution in [0.25, 0.3) is 5.69 Å². The summed E-state index contributed by atoms with van der Waals surface area (Å²) in [6.45, 7) is 1.97. The van der Waals surface area contributed by atoms with Crippen molar-refractivity contribution in [2.75, 3.05) is 18.2 Å². The van der Waals surface area contributed by atoms with Crippen molar-refractivity contribution in [1.29, 1.82) is 0 Å². The normalized spacial score (nSPS) is 10.6. The standard InChI is InChI=1S/C17H16ClN5O2S/c1-11-6-7-15(25-2)14(8-11)23-17(20-21-22-23)26-10-16(24)19-13-5-3-4-12(18)9-13/h3-9H,10H2,1-2H3,(H,19,24). The number of carbonyl (C=O) groups excluding carboxylic acids is 1. The van der Waals surface area contributed by atoms with E-state index in [-0.39, 0.29) is 11.7 Å². The molecule has 3 rings (SSSR count). The van der Waals surface area contributed by atoms with Gasteiger partial charge >= 0.3 is 0 Å². The Balaban J connectivity index is 1.72. The minimum atomic E-state index is -0.178. The summed E-state index contributed by atoms with van der Waals surface area (Å²) < 4.78 is 6.94. The fourth-order valence-corrected chi connectivity index (χ4v) is 3.15. The van der Waals surface area contributed by atoms with Gasteiger partial charge in [0.1, 0.15) is 11.4 Å². The maximum absolute atomic E-state index is 12.2. The fourth-order valence-electron chi connectivity index (χ4n) is 2.28. The van der Waals surface area contributed by atoms with E-state index in [1.165, 1.54) is 11.8 Å². The molecule has 0 aliphatic heterocycles. The van der Waals surface area contributed by atoms with Gasteiger partial charge in [0.15, 0.2) is 0 Å². The zero-order valence-electron chi connectivity index (χ0n) is 14.1. The number of ether oxygens (including phenoxy) is 1. The number of benzene rings is 2. The van der Waals surface area contributed by atoms with Crippen molar-refractivity contribution in [3.8, 4) is 11.4 Å². The van der Waals surface area contributed by atoms with Crippen molar-refractivity contribution in [3.63, 3.8) is 0 Å². The number of amides is 1. The molecule has 0 saturated heterocycles. The molecular formula is C17H16ClN5O2S. The Morgan fingerprint density at radius 1 is 1.31 bits per heavy atom. The van der Waals surface area contributed by atoms with Crippen LogP contribution in [-0.4, -0.2) is 39.0 Å². The van der Waals surface area contributed by atoms with E-state index >= 15 is 0 Å². The van der Waals surface area contributed by atoms with Gasteiger partial charge < -0.3 is 10.1 Å². The monoisotopic (exact) mass is 389 g/mol. The average Bonchev–Trinajstić information content (AvgIpc) is 3.08. The molecule has 0 unspecified atom stereocenters. The Kier molecular flexibility index (Phi) is 5.75. The van der Waals surface area contributed by atoms with E-state index in [1.807, 2.05) is 25.1 Å². The minimum Gasteiger partial charge on any atom is -0.494 e. The number of rotatable bonds is 6. The molecule has 0 saturated carbocycles. The number of anilines is 1. The third kappa shape index (κ3) is 4.33. The van der Waals surface area contributed by atoms with E-state index in [9.17, 15) is 4.79 Å². The smallest absolute Gasteiger partial charge is 0.234 e. The lowest BCUT2D eigenvalue weighted by atomic mass is 10.2. The van der Waals surface area contributed by atoms with Crippen molar-refractivity contribution in [1.82, 2.24) is 20.2 Å². The number of thioether (sulfide) groups is 1. The summed E-state index contributed by atoms with van der Waals surface area (Å²) in [7, 11) is 1.59. The van der Waals surface area contributed by atoms with Crippen LogP contribution in [0.3, 0.4) is 0 Å². The lowest BCUT2D eigenvalue weighted by Gasteiger charge is -2.10. The first-order valence-electron chi connectivity index (χ1n) is 7.68. The topological polar surface area (TPSA) is 81.9 Å². The van der Waals surface area contributed by atoms with E-state index < -0.39 is 0 Å². The molecule has 9 heteroatoms. The molecule has 1 N–H and O–H groups in total. The van der Waals surface area contributed by atoms with Crippen LogP contribution < -0.4 is 10.1 Å². The summed E-state index contributed by atoms with van der Waals surface area (Å²) in [6, 6.07) is 12.7. The van der Waals surface area contributed by atoms with Gasteiger partial charge in [-0.25, -0.2) is 0 Å². The maximum Gasteiger partial charge on any atom is 0.234 e. The molecule has 0 fully saturated rings. The van der Waals surface area contributed by atoms with Crippen LogP contribution in [0.1, 0.15) is 5.56 Å². The maximum atomic E-state index is 12.2. The predicted molar refractivity (Wildman–Crippen MR) is 101 cm³/mol. The first-order valence-corrected chi connectivity index (χ1v) is 9.05. The van der Waals surface area contributed by atoms with Crippen LogP contribution in [0, 0.1) is 6.92 Å². The highest BCUT2D eigenvalue weighted by molar-refractivity contribution is 7.99. The molecule has 2 aromatic carbocycles. The molecule has 3 aromatic rings. The van der Waals surface area contributed by atoms with Crippen LogP contribution >= 0.6 is 23.4 Å². The summed E-state index contributed by atoms with van der Waals surface area (Å²) in [6.07, 6.45) is 0. The summed E-state index contributed by atoms with van der Waals surface area (Å²) in [5.74, 6) is 0.622. The van der Waals surface area contributed by atoms with Crippen molar-refractivity contribution < 1.29 is 9.53 Å². The van der Waals surface area contributed by atoms with Gasteiger partial charge in [-0.2, -0.15) is 4.68 Å². The highest BCUT2D eigenvalue weighted by Gasteiger charge is 2.15. The minimum absolute atomic E-state index is 0.154. The largest absolute Gasteiger partial charge is 0.494 e. The van der Waals surface area contributed by atoms with E-state index in [2.05, 4.69) is 20.8 Å². The van der Waals surface area contributed by atoms with Gasteiger partial charge in [0.25, 0.3) is 0 Å². The predicted octanol–water partition coefficient (Wildman–Crippen LogP) is 3.36. The number of halogens is 1. The quantitative estimate of drug-likeness (QED) is 0.651. The number of aromatic nitrogens is 4. The molecule has 0 bridgehead atoms. The summed E-state index contributed by atoms with van der Waals surface area (Å²) in [5.41, 5.74) is 2.41. The second kappa shape index (κ2) is 8.20. The molecule has 0 aliphatic rings. The average molecular weight is 390 g/mol. The molecule has 7 nitrogen and oxygen atoms in total. The number of hydrogen-bond acceptors (Lipinski definition) is 6. The van der Waals surface area contributed by atoms with Crippen LogP contribution in [0.15, 0.2) is 47.6 Å². The third-order valence-electron chi connectivity index (χ3n) is 3.44. The van der Waals surface area contributed by atoms with Gasteiger partial charge in [-0.05, 0) is 53.2 Å². The highest BCUT2D eigenvalue weighted by Crippen LogP contribution is 2.27. The van der Waals surface area contributed by atoms with Crippen molar-refractivity contribution in [2.24, 2.45) is 0 Å². The molecule has 0 radical (unpaired) electrons. The Morgan fingerprint density at radius 2 is 2.15 bits per heavy atom. The van der Waals surface area contributed by atoms with Gasteiger partial charge in [-0.15, -0.1) is 5.10 Å². The zero-order valence-corrected chi connectivity index (χ0v) is 15.7. The van der Waals surface area contributed by atoms with Crippen LogP contribution in [-0.2, 0) is 4.79 Å². The van der Waals surface area contributed by atoms with E-state index in [0.717, 1.165) is 11.3 Å². The Bertz CT molecular complexity index is 931. The second-order valence-electron chi connectivity index (χ2n) is 5.40. The van der Waals surface area contributed by atoms with E-state index in [1.54, 1.807) is 36.1 Å². The molecular weight excluding hydrogens is 374 g/mol. The first kappa shape index (κ1) is 18.2. The number of methoxy groups -OCH3 is 1. The molecule has 134 valence electrons. The fraction of sp³-hybridized carbons (Fsp3) is 0.176. The third-order valence-corrected chi connectivity index (χ3v) is 4.60. The Labute approximate surface area is 159 Å². The van der Waals surface area contributed by atoms with Crippen LogP contribution in [0.2, 0.25) is 5.02 Å². The molecule has 1 aromatic heterocycles. The Hall–Kier alpha value is -2.58. The van der Waals surface area contributed by atoms with E-state index in [4.69, 9.17) is 16.3 Å². The number of carbonyl (C=O) groups is 1. The zero-order chi connectivity index (χ0) is 18.5. The second-order valence-corrected chi connectivity index (χ2v) is 6.77. The van der Waals surface area contributed by atoms with Gasteiger partial charge in [0, 0.05) is 10.7 Å². The Morgan fingerprint density at radius 3 is 2.92 bits per heavy atom. The van der Waals surface area contributed by atoms with Crippen molar-refractivity contribution >= 4 is 35.0 Å². The highest BCUT2D eigenvalue weighted by atomic mass is 35.5. The molecule has 0 atom stereocenters. The molecule has 1 heterocycles. The van der Waals surface area contributed by atoms with Gasteiger partial charge in [0.05, 0.1) is 12.9 Å². The van der Waals surface area contributed by atoms with Gasteiger partial charge in [-0.1, -0.05) is 35.5 Å². The number of nitrogens with one attached hydrogen (secondary N) is 1. The number of nitrogens with zero attached hydrogens (tertiary/aromatic N) is 4. The van der Waals surface area contributed by atoms with Crippen molar-refractivity contribution in [2.45, 2.75) is 12.1 Å². The van der Waals surface area contributed by atoms with Gasteiger partial charge in [0.2, 0.25) is 11.1 Å². The summed E-state index contributed by atoms with van der Waals surface area (Å²) in [4.78, 5) is 12.2. The molecule has 1 amide bonds. The van der Waals surface area contributed by atoms with E-state index in [0.29, 0.717) is 21.6 Å². The number of aryl methyl sites for hydroxylation is 1. The first-order chi connectivity index (χ1) is 12.6. The number of tetrazole rings is 1. The SMILES string of the molecule is COc1ccc(C)cc1-n1nnnc1SCC(=O)Nc1cccc(Cl)c1. The molecule has 26 heavy (non-hydrogen) atoms. The lowest BCUT2D eigenvalue weighted by molar-refractivity contribution is -0.113. The summed E-state index contributed by atoms with van der Waals surface area (Å²) in [5, 5.41) is 15.6. The summed E-state index contributed by atoms with van der Waals surface area (Å²) >= 11 is 7.15. The van der Waals surface area contributed by atoms with Crippen LogP contribution in [0.5, 0.6) is 5.75 Å². The lowest BCUT2D eigenvalue weighted by Crippen LogP contribution is -2.14. The molecule has 0 aliphatic carbocycles. The van der Waals surface area contributed by atoms with Crippen LogP contribution in [0.4, 0.5) is 5.69 Å². The number of hydrogen-bond donors (Lipinski definition) is 1. The molecule has 0 spiro atoms.